The molecule has 0 rings (SSSR count). The Balaban J connectivity index is 2.63. The highest BCUT2D eigenvalue weighted by atomic mass is 28.3. The van der Waals surface area contributed by atoms with Crippen LogP contribution in [0.5, 0.6) is 0 Å². The van der Waals surface area contributed by atoms with E-state index in [1.807, 2.05) is 0 Å². The van der Waals surface area contributed by atoms with E-state index in [0.717, 1.165) is 0 Å². The molecule has 5 heteroatoms. The molecule has 0 atom stereocenters. The summed E-state index contributed by atoms with van der Waals surface area (Å²) >= 11 is 0. The number of rotatable bonds is 2. The van der Waals surface area contributed by atoms with Crippen molar-refractivity contribution in [3.8, 4) is 0 Å². The van der Waals surface area contributed by atoms with Crippen LogP contribution in [0.2, 0.25) is 0 Å². The molecule has 0 N–H and O–H groups in total. The second-order valence-corrected chi connectivity index (χ2v) is 4.11. The average molecular weight is 128 g/mol. The fourth-order valence-electron chi connectivity index (χ4n) is 0.126. The maximum atomic E-state index is 11.0. The van der Waals surface area contributed by atoms with Crippen LogP contribution in [0.4, 0.5) is 8.78 Å². The largest absolute Gasteiger partial charge is 0.464 e. The molecule has 0 fully saturated rings. The summed E-state index contributed by atoms with van der Waals surface area (Å²) in [5.74, 6) is 0. The van der Waals surface area contributed by atoms with Crippen molar-refractivity contribution >= 4 is 20.2 Å². The van der Waals surface area contributed by atoms with Crippen molar-refractivity contribution in [3.05, 3.63) is 0 Å². The van der Waals surface area contributed by atoms with E-state index in [-0.39, 0.29) is 0 Å². The Kier molecular flexibility index (Phi) is 3.59. The Labute approximate surface area is 40.2 Å². The monoisotopic (exact) mass is 128 g/mol. The summed E-state index contributed by atoms with van der Waals surface area (Å²) in [6, 6.07) is -2.15. The minimum Gasteiger partial charge on any atom is -0.464 e. The highest BCUT2D eigenvalue weighted by Gasteiger charge is 1.98. The summed E-state index contributed by atoms with van der Waals surface area (Å²) in [6.07, 6.45) is 0. The van der Waals surface area contributed by atoms with E-state index >= 15 is 0 Å². The van der Waals surface area contributed by atoms with E-state index in [4.69, 9.17) is 0 Å². The first-order valence-electron chi connectivity index (χ1n) is 1.54. The second-order valence-electron chi connectivity index (χ2n) is 0.846. The van der Waals surface area contributed by atoms with Crippen LogP contribution in [0, 0.1) is 0 Å². The third-order valence-corrected chi connectivity index (χ3v) is 1.88. The molecule has 38 valence electrons. The predicted molar refractivity (Wildman–Crippen MR) is 25.6 cm³/mol. The first kappa shape index (κ1) is 6.25. The van der Waals surface area contributed by atoms with Crippen LogP contribution in [0.15, 0.2) is 0 Å². The van der Waals surface area contributed by atoms with Gasteiger partial charge in [-0.15, -0.1) is 0 Å². The molecule has 0 aromatic heterocycles. The number of hydrogen-bond acceptors (Lipinski definition) is 1. The zero-order chi connectivity index (χ0) is 4.99. The average Bonchev–Trinajstić information content (AvgIpc) is 1.35. The molecule has 0 aromatic rings. The van der Waals surface area contributed by atoms with Gasteiger partial charge in [0.25, 0.3) is 0 Å². The Morgan fingerprint density at radius 1 is 1.67 bits per heavy atom. The molecule has 0 spiro atoms. The Morgan fingerprint density at radius 3 is 2.17 bits per heavy atom. The Bertz CT molecular complexity index is 32.7. The van der Waals surface area contributed by atoms with Gasteiger partial charge in [-0.25, -0.2) is 8.78 Å². The van der Waals surface area contributed by atoms with Gasteiger partial charge in [0.15, 0.2) is 0 Å². The number of alkyl halides is 2. The molecule has 0 bridgehead atoms. The van der Waals surface area contributed by atoms with Gasteiger partial charge in [0, 0.05) is 0 Å². The molecule has 0 unspecified atom stereocenters. The fraction of sp³-hybridized carbons (Fsp3) is 1.00. The minimum atomic E-state index is -2.15. The zero-order valence-corrected chi connectivity index (χ0v) is 6.86. The third-order valence-electron chi connectivity index (χ3n) is 0.293. The van der Waals surface area contributed by atoms with Crippen LogP contribution in [-0.2, 0) is 4.12 Å². The SMILES string of the molecule is FC(F)[SiH2]O[SiH3]. The van der Waals surface area contributed by atoms with Crippen molar-refractivity contribution in [1.82, 2.24) is 0 Å². The maximum absolute atomic E-state index is 11.0. The summed E-state index contributed by atoms with van der Waals surface area (Å²) in [7, 11) is -0.947. The van der Waals surface area contributed by atoms with Crippen molar-refractivity contribution in [2.75, 3.05) is 0 Å². The topological polar surface area (TPSA) is 9.23 Å². The Morgan fingerprint density at radius 2 is 2.17 bits per heavy atom. The standard InChI is InChI=1S/CH6F2OSi2/c2-1(3)6-4-5/h1H,6H2,5H3. The van der Waals surface area contributed by atoms with Crippen molar-refractivity contribution < 1.29 is 12.9 Å². The van der Waals surface area contributed by atoms with Gasteiger partial charge in [0.05, 0.1) is 0 Å². The first-order chi connectivity index (χ1) is 2.77. The van der Waals surface area contributed by atoms with E-state index in [0.29, 0.717) is 10.5 Å². The van der Waals surface area contributed by atoms with Crippen LogP contribution in [0.1, 0.15) is 0 Å². The fourth-order valence-corrected chi connectivity index (χ4v) is 1.13. The lowest BCUT2D eigenvalue weighted by molar-refractivity contribution is 0.224. The summed E-state index contributed by atoms with van der Waals surface area (Å²) < 4.78 is 26.3. The van der Waals surface area contributed by atoms with Gasteiger partial charge in [0.2, 0.25) is 15.8 Å². The van der Waals surface area contributed by atoms with Crippen molar-refractivity contribution in [2.45, 2.75) is 6.05 Å². The molecular weight excluding hydrogens is 122 g/mol. The van der Waals surface area contributed by atoms with Crippen molar-refractivity contribution in [1.29, 1.82) is 0 Å². The van der Waals surface area contributed by atoms with E-state index in [1.165, 1.54) is 0 Å². The second kappa shape index (κ2) is 3.44. The summed E-state index contributed by atoms with van der Waals surface area (Å²) in [5, 5.41) is 0. The Hall–Kier alpha value is 0.254. The molecule has 0 saturated carbocycles. The maximum Gasteiger partial charge on any atom is 0.241 e. The van der Waals surface area contributed by atoms with Gasteiger partial charge in [-0.05, 0) is 0 Å². The van der Waals surface area contributed by atoms with Gasteiger partial charge in [-0.3, -0.25) is 0 Å². The van der Waals surface area contributed by atoms with Gasteiger partial charge in [0.1, 0.15) is 10.5 Å². The summed E-state index contributed by atoms with van der Waals surface area (Å²) in [5.41, 5.74) is 0. The molecule has 0 aliphatic carbocycles. The molecule has 6 heavy (non-hydrogen) atoms. The van der Waals surface area contributed by atoms with E-state index in [9.17, 15) is 8.78 Å². The molecule has 0 amide bonds. The normalized spacial score (nSPS) is 12.5. The molecular formula is CH6F2OSi2. The molecule has 0 heterocycles. The van der Waals surface area contributed by atoms with Gasteiger partial charge >= 0.3 is 0 Å². The van der Waals surface area contributed by atoms with Crippen molar-refractivity contribution in [3.63, 3.8) is 0 Å². The number of hydrogen-bond donors (Lipinski definition) is 0. The van der Waals surface area contributed by atoms with Crippen LogP contribution in [0.3, 0.4) is 0 Å². The third kappa shape index (κ3) is 4.25. The van der Waals surface area contributed by atoms with Gasteiger partial charge < -0.3 is 4.12 Å². The minimum absolute atomic E-state index is 0.469. The van der Waals surface area contributed by atoms with Crippen LogP contribution in [-0.4, -0.2) is 26.3 Å². The predicted octanol–water partition coefficient (Wildman–Crippen LogP) is -1.41. The van der Waals surface area contributed by atoms with Gasteiger partial charge in [-0.2, -0.15) is 0 Å². The van der Waals surface area contributed by atoms with Crippen LogP contribution in [0.25, 0.3) is 0 Å². The lowest BCUT2D eigenvalue weighted by atomic mass is 11.7. The van der Waals surface area contributed by atoms with E-state index in [1.54, 1.807) is 0 Å². The molecule has 0 aliphatic heterocycles. The lowest BCUT2D eigenvalue weighted by Gasteiger charge is -1.90. The van der Waals surface area contributed by atoms with E-state index in [2.05, 4.69) is 4.12 Å². The molecule has 1 nitrogen and oxygen atoms in total. The summed E-state index contributed by atoms with van der Waals surface area (Å²) in [6.45, 7) is 0. The molecule has 0 aromatic carbocycles. The van der Waals surface area contributed by atoms with E-state index < -0.39 is 15.8 Å². The number of halogens is 2. The highest BCUT2D eigenvalue weighted by Crippen LogP contribution is 1.85. The van der Waals surface area contributed by atoms with Crippen molar-refractivity contribution in [2.24, 2.45) is 0 Å². The molecule has 0 saturated heterocycles. The van der Waals surface area contributed by atoms with Crippen LogP contribution >= 0.6 is 0 Å². The highest BCUT2D eigenvalue weighted by molar-refractivity contribution is 6.35. The molecule has 0 aliphatic rings. The molecule has 0 radical (unpaired) electrons. The first-order valence-corrected chi connectivity index (χ1v) is 3.75. The smallest absolute Gasteiger partial charge is 0.241 e. The van der Waals surface area contributed by atoms with Gasteiger partial charge in [-0.1, -0.05) is 0 Å². The van der Waals surface area contributed by atoms with Crippen LogP contribution < -0.4 is 0 Å². The summed E-state index contributed by atoms with van der Waals surface area (Å²) in [4.78, 5) is 0. The zero-order valence-electron chi connectivity index (χ0n) is 3.45. The quantitative estimate of drug-likeness (QED) is 0.415. The lowest BCUT2D eigenvalue weighted by Crippen LogP contribution is -2.06.